The van der Waals surface area contributed by atoms with E-state index in [4.69, 9.17) is 0 Å². The molecule has 0 spiro atoms. The lowest BCUT2D eigenvalue weighted by atomic mass is 10.2. The maximum atomic E-state index is 12.0. The number of hydrogen-bond acceptors (Lipinski definition) is 5. The molecule has 0 aromatic carbocycles. The molecule has 0 fully saturated rings. The fraction of sp³-hybridized carbons (Fsp3) is 0.231. The van der Waals surface area contributed by atoms with Crippen molar-refractivity contribution in [3.05, 3.63) is 52.2 Å². The number of ether oxygens (including phenoxy) is 1. The highest BCUT2D eigenvalue weighted by Crippen LogP contribution is 2.05. The highest BCUT2D eigenvalue weighted by Gasteiger charge is 2.17. The molecule has 0 saturated heterocycles. The molecule has 0 bridgehead atoms. The van der Waals surface area contributed by atoms with Gasteiger partial charge in [0.25, 0.3) is 0 Å². The van der Waals surface area contributed by atoms with Crippen LogP contribution < -0.4 is 5.43 Å². The molecule has 0 aliphatic carbocycles. The van der Waals surface area contributed by atoms with E-state index in [2.05, 4.69) is 14.8 Å². The lowest BCUT2D eigenvalue weighted by Gasteiger charge is -2.08. The van der Waals surface area contributed by atoms with E-state index in [9.17, 15) is 9.59 Å². The Kier molecular flexibility index (Phi) is 3.70. The molecule has 6 heteroatoms. The van der Waals surface area contributed by atoms with E-state index >= 15 is 0 Å². The molecule has 0 aliphatic heterocycles. The van der Waals surface area contributed by atoms with Gasteiger partial charge >= 0.3 is 5.97 Å². The fourth-order valence-corrected chi connectivity index (χ4v) is 1.64. The van der Waals surface area contributed by atoms with Crippen molar-refractivity contribution in [3.8, 4) is 5.69 Å². The summed E-state index contributed by atoms with van der Waals surface area (Å²) in [6.45, 7) is 1.84. The summed E-state index contributed by atoms with van der Waals surface area (Å²) in [5.41, 5.74) is 0.557. The molecule has 2 aromatic heterocycles. The molecule has 2 heterocycles. The van der Waals surface area contributed by atoms with Gasteiger partial charge in [0.2, 0.25) is 11.1 Å². The van der Waals surface area contributed by atoms with Crippen molar-refractivity contribution in [2.45, 2.75) is 13.3 Å². The lowest BCUT2D eigenvalue weighted by molar-refractivity contribution is 0.0590. The van der Waals surface area contributed by atoms with Gasteiger partial charge in [0.15, 0.2) is 0 Å². The van der Waals surface area contributed by atoms with E-state index in [0.717, 1.165) is 0 Å². The van der Waals surface area contributed by atoms with Crippen molar-refractivity contribution in [1.29, 1.82) is 0 Å². The van der Waals surface area contributed by atoms with E-state index in [0.29, 0.717) is 17.7 Å². The van der Waals surface area contributed by atoms with Crippen molar-refractivity contribution < 1.29 is 9.53 Å². The molecule has 2 aromatic rings. The molecule has 6 nitrogen and oxygen atoms in total. The van der Waals surface area contributed by atoms with Crippen LogP contribution in [0.1, 0.15) is 23.0 Å². The van der Waals surface area contributed by atoms with Crippen LogP contribution in [0.3, 0.4) is 0 Å². The van der Waals surface area contributed by atoms with E-state index in [-0.39, 0.29) is 5.69 Å². The van der Waals surface area contributed by atoms with Gasteiger partial charge < -0.3 is 4.74 Å². The Morgan fingerprint density at radius 2 is 2.26 bits per heavy atom. The first-order valence-electron chi connectivity index (χ1n) is 5.79. The van der Waals surface area contributed by atoms with E-state index in [1.807, 2.05) is 6.92 Å². The lowest BCUT2D eigenvalue weighted by Crippen LogP contribution is -2.25. The standard InChI is InChI=1S/C13H13N3O3/c1-3-9-8-16(10-5-4-6-14-7-10)15-11(12(9)17)13(18)19-2/h4-8H,3H2,1-2H3. The normalized spacial score (nSPS) is 10.2. The first-order valence-corrected chi connectivity index (χ1v) is 5.79. The molecule has 0 N–H and O–H groups in total. The van der Waals surface area contributed by atoms with E-state index in [1.54, 1.807) is 30.7 Å². The molecule has 0 radical (unpaired) electrons. The summed E-state index contributed by atoms with van der Waals surface area (Å²) in [6.07, 6.45) is 5.34. The van der Waals surface area contributed by atoms with Crippen molar-refractivity contribution >= 4 is 5.97 Å². The molecule has 0 unspecified atom stereocenters. The van der Waals surface area contributed by atoms with Crippen LogP contribution in [0.2, 0.25) is 0 Å². The first kappa shape index (κ1) is 12.9. The smallest absolute Gasteiger partial charge is 0.362 e. The maximum Gasteiger partial charge on any atom is 0.362 e. The predicted octanol–water partition coefficient (Wildman–Crippen LogP) is 0.976. The van der Waals surface area contributed by atoms with Gasteiger partial charge in [-0.05, 0) is 18.6 Å². The maximum absolute atomic E-state index is 12.0. The largest absolute Gasteiger partial charge is 0.464 e. The van der Waals surface area contributed by atoms with Crippen LogP contribution in [0.15, 0.2) is 35.5 Å². The van der Waals surface area contributed by atoms with Crippen LogP contribution in [-0.2, 0) is 11.2 Å². The number of carbonyl (C=O) groups excluding carboxylic acids is 1. The van der Waals surface area contributed by atoms with Crippen LogP contribution in [0.4, 0.5) is 0 Å². The molecular formula is C13H13N3O3. The highest BCUT2D eigenvalue weighted by atomic mass is 16.5. The van der Waals surface area contributed by atoms with Gasteiger partial charge in [0.05, 0.1) is 19.0 Å². The molecule has 19 heavy (non-hydrogen) atoms. The summed E-state index contributed by atoms with van der Waals surface area (Å²) in [7, 11) is 1.22. The molecule has 0 atom stereocenters. The third kappa shape index (κ3) is 2.52. The number of hydrogen-bond donors (Lipinski definition) is 0. The van der Waals surface area contributed by atoms with Crippen molar-refractivity contribution in [2.24, 2.45) is 0 Å². The zero-order chi connectivity index (χ0) is 13.8. The summed E-state index contributed by atoms with van der Waals surface area (Å²) in [5, 5.41) is 4.01. The Hall–Kier alpha value is -2.50. The van der Waals surface area contributed by atoms with Gasteiger partial charge in [-0.1, -0.05) is 6.92 Å². The van der Waals surface area contributed by atoms with Crippen molar-refractivity contribution in [3.63, 3.8) is 0 Å². The number of esters is 1. The summed E-state index contributed by atoms with van der Waals surface area (Å²) >= 11 is 0. The van der Waals surface area contributed by atoms with Gasteiger partial charge in [-0.25, -0.2) is 9.48 Å². The van der Waals surface area contributed by atoms with Crippen LogP contribution >= 0.6 is 0 Å². The average Bonchev–Trinajstić information content (AvgIpc) is 2.47. The zero-order valence-corrected chi connectivity index (χ0v) is 10.7. The van der Waals surface area contributed by atoms with Crippen LogP contribution in [0.5, 0.6) is 0 Å². The first-order chi connectivity index (χ1) is 9.17. The van der Waals surface area contributed by atoms with E-state index in [1.165, 1.54) is 11.8 Å². The third-order valence-corrected chi connectivity index (χ3v) is 2.66. The van der Waals surface area contributed by atoms with Gasteiger partial charge in [-0.2, -0.15) is 5.10 Å². The third-order valence-electron chi connectivity index (χ3n) is 2.66. The number of nitrogens with zero attached hydrogens (tertiary/aromatic N) is 3. The van der Waals surface area contributed by atoms with Gasteiger partial charge in [0.1, 0.15) is 0 Å². The van der Waals surface area contributed by atoms with Gasteiger partial charge in [-0.15, -0.1) is 0 Å². The monoisotopic (exact) mass is 259 g/mol. The minimum absolute atomic E-state index is 0.217. The van der Waals surface area contributed by atoms with Crippen LogP contribution in [-0.4, -0.2) is 27.8 Å². The van der Waals surface area contributed by atoms with Crippen LogP contribution in [0, 0.1) is 0 Å². The van der Waals surface area contributed by atoms with Gasteiger partial charge in [0, 0.05) is 18.0 Å². The Balaban J connectivity index is 2.64. The Morgan fingerprint density at radius 3 is 2.84 bits per heavy atom. The second-order valence-corrected chi connectivity index (χ2v) is 3.83. The second kappa shape index (κ2) is 5.43. The zero-order valence-electron chi connectivity index (χ0n) is 10.7. The summed E-state index contributed by atoms with van der Waals surface area (Å²) in [6, 6.07) is 3.53. The summed E-state index contributed by atoms with van der Waals surface area (Å²) < 4.78 is 6.03. The number of carbonyl (C=O) groups is 1. The van der Waals surface area contributed by atoms with Crippen LogP contribution in [0.25, 0.3) is 5.69 Å². The quantitative estimate of drug-likeness (QED) is 0.768. The molecule has 0 saturated carbocycles. The van der Waals surface area contributed by atoms with Gasteiger partial charge in [-0.3, -0.25) is 9.78 Å². The Bertz CT molecular complexity index is 650. The highest BCUT2D eigenvalue weighted by molar-refractivity contribution is 5.87. The average molecular weight is 259 g/mol. The number of aryl methyl sites for hydroxylation is 1. The van der Waals surface area contributed by atoms with E-state index < -0.39 is 11.4 Å². The molecule has 0 aliphatic rings. The molecule has 98 valence electrons. The molecular weight excluding hydrogens is 246 g/mol. The topological polar surface area (TPSA) is 74.1 Å². The Morgan fingerprint density at radius 1 is 1.47 bits per heavy atom. The number of aromatic nitrogens is 3. The second-order valence-electron chi connectivity index (χ2n) is 3.83. The summed E-state index contributed by atoms with van der Waals surface area (Å²) in [4.78, 5) is 27.5. The number of methoxy groups -OCH3 is 1. The SMILES string of the molecule is CCc1cn(-c2cccnc2)nc(C(=O)OC)c1=O. The minimum Gasteiger partial charge on any atom is -0.464 e. The molecule has 0 amide bonds. The number of rotatable bonds is 3. The predicted molar refractivity (Wildman–Crippen MR) is 68.3 cm³/mol. The fourth-order valence-electron chi connectivity index (χ4n) is 1.64. The number of pyridine rings is 1. The van der Waals surface area contributed by atoms with Crippen molar-refractivity contribution in [2.75, 3.05) is 7.11 Å². The van der Waals surface area contributed by atoms with Crippen molar-refractivity contribution in [1.82, 2.24) is 14.8 Å². The Labute approximate surface area is 109 Å². The minimum atomic E-state index is -0.738. The summed E-state index contributed by atoms with van der Waals surface area (Å²) in [5.74, 6) is -0.738. The molecule has 2 rings (SSSR count).